The summed E-state index contributed by atoms with van der Waals surface area (Å²) in [5, 5.41) is 57.3. The fraction of sp³-hybridized carbons (Fsp3) is 0.895. The highest BCUT2D eigenvalue weighted by molar-refractivity contribution is 5.80. The molecule has 11 heteroatoms. The average Bonchev–Trinajstić information content (AvgIpc) is 1.30. The fourth-order valence-electron chi connectivity index (χ4n) is 12.1. The van der Waals surface area contributed by atoms with Gasteiger partial charge in [-0.3, -0.25) is 9.59 Å². The zero-order valence-electron chi connectivity index (χ0n) is 57.2. The minimum absolute atomic E-state index is 0.130. The summed E-state index contributed by atoms with van der Waals surface area (Å²) in [7, 11) is 0. The van der Waals surface area contributed by atoms with Crippen molar-refractivity contribution in [3.05, 3.63) is 36.5 Å². The van der Waals surface area contributed by atoms with Crippen molar-refractivity contribution in [2.75, 3.05) is 13.2 Å². The first-order valence-electron chi connectivity index (χ1n) is 37.8. The molecule has 0 bridgehead atoms. The van der Waals surface area contributed by atoms with Crippen LogP contribution < -0.4 is 5.32 Å². The van der Waals surface area contributed by atoms with Crippen molar-refractivity contribution >= 4 is 11.9 Å². The number of unbranched alkanes of at least 4 members (excludes halogenated alkanes) is 48. The molecule has 0 spiro atoms. The average molecular weight is 1230 g/mol. The Hall–Kier alpha value is -2.12. The molecule has 1 aliphatic rings. The smallest absolute Gasteiger partial charge is 0.306 e. The lowest BCUT2D eigenvalue weighted by Crippen LogP contribution is -2.61. The molecule has 512 valence electrons. The van der Waals surface area contributed by atoms with Crippen LogP contribution in [0.25, 0.3) is 0 Å². The number of rotatable bonds is 66. The summed E-state index contributed by atoms with van der Waals surface area (Å²) in [6, 6.07) is -1.02. The lowest BCUT2D eigenvalue weighted by molar-refractivity contribution is -0.305. The van der Waals surface area contributed by atoms with Crippen LogP contribution in [0.1, 0.15) is 374 Å². The van der Waals surface area contributed by atoms with E-state index in [1.807, 2.05) is 6.08 Å². The van der Waals surface area contributed by atoms with Crippen LogP contribution in [0.4, 0.5) is 0 Å². The Kier molecular flexibility index (Phi) is 61.0. The van der Waals surface area contributed by atoms with Gasteiger partial charge in [-0.05, 0) is 57.8 Å². The first-order valence-corrected chi connectivity index (χ1v) is 37.8. The Morgan fingerprint density at radius 3 is 1.20 bits per heavy atom. The van der Waals surface area contributed by atoms with E-state index in [4.69, 9.17) is 14.2 Å². The summed E-state index contributed by atoms with van der Waals surface area (Å²) in [6.45, 7) is 5.83. The molecule has 6 N–H and O–H groups in total. The molecule has 0 aromatic heterocycles. The second-order valence-corrected chi connectivity index (χ2v) is 26.4. The van der Waals surface area contributed by atoms with Crippen LogP contribution in [0, 0.1) is 0 Å². The van der Waals surface area contributed by atoms with Crippen LogP contribution in [0.2, 0.25) is 0 Å². The maximum atomic E-state index is 13.5. The molecule has 0 aliphatic carbocycles. The van der Waals surface area contributed by atoms with Gasteiger partial charge in [0.15, 0.2) is 12.4 Å². The van der Waals surface area contributed by atoms with E-state index in [-0.39, 0.29) is 13.0 Å². The van der Waals surface area contributed by atoms with Gasteiger partial charge < -0.3 is 45.1 Å². The molecular weight excluding hydrogens is 1090 g/mol. The Balaban J connectivity index is 2.50. The van der Waals surface area contributed by atoms with Crippen LogP contribution in [0.3, 0.4) is 0 Å². The number of nitrogens with one attached hydrogen (secondary N) is 1. The van der Waals surface area contributed by atoms with Crippen LogP contribution in [-0.4, -0.2) is 99.6 Å². The van der Waals surface area contributed by atoms with E-state index in [0.29, 0.717) is 19.3 Å². The van der Waals surface area contributed by atoms with Crippen molar-refractivity contribution in [3.8, 4) is 0 Å². The number of amides is 1. The van der Waals surface area contributed by atoms with Crippen molar-refractivity contribution in [3.63, 3.8) is 0 Å². The molecular formula is C76H143NO10. The van der Waals surface area contributed by atoms with Crippen molar-refractivity contribution in [1.82, 2.24) is 5.32 Å². The zero-order valence-corrected chi connectivity index (χ0v) is 57.2. The normalized spacial score (nSPS) is 18.4. The molecule has 1 aliphatic heterocycles. The van der Waals surface area contributed by atoms with Gasteiger partial charge in [-0.15, -0.1) is 0 Å². The van der Waals surface area contributed by atoms with E-state index in [0.717, 1.165) is 64.2 Å². The molecule has 1 saturated heterocycles. The van der Waals surface area contributed by atoms with Crippen LogP contribution in [-0.2, 0) is 23.8 Å². The summed E-state index contributed by atoms with van der Waals surface area (Å²) >= 11 is 0. The molecule has 1 fully saturated rings. The number of hydrogen-bond donors (Lipinski definition) is 6. The maximum absolute atomic E-state index is 13.5. The lowest BCUT2D eigenvalue weighted by Gasteiger charge is -2.41. The van der Waals surface area contributed by atoms with Crippen LogP contribution in [0.15, 0.2) is 36.5 Å². The molecule has 11 nitrogen and oxygen atoms in total. The minimum atomic E-state index is -1.61. The third-order valence-electron chi connectivity index (χ3n) is 18.0. The molecule has 0 aromatic rings. The van der Waals surface area contributed by atoms with Gasteiger partial charge >= 0.3 is 5.97 Å². The number of carbonyl (C=O) groups is 2. The van der Waals surface area contributed by atoms with Gasteiger partial charge in [-0.1, -0.05) is 346 Å². The minimum Gasteiger partial charge on any atom is -0.454 e. The lowest BCUT2D eigenvalue weighted by atomic mass is 9.99. The number of allylic oxidation sites excluding steroid dienone is 5. The Morgan fingerprint density at radius 1 is 0.448 bits per heavy atom. The van der Waals surface area contributed by atoms with Gasteiger partial charge in [0.25, 0.3) is 0 Å². The molecule has 1 heterocycles. The monoisotopic (exact) mass is 1230 g/mol. The molecule has 87 heavy (non-hydrogen) atoms. The molecule has 8 unspecified atom stereocenters. The van der Waals surface area contributed by atoms with Crippen molar-refractivity contribution in [2.45, 2.75) is 423 Å². The highest BCUT2D eigenvalue weighted by atomic mass is 16.7. The van der Waals surface area contributed by atoms with Gasteiger partial charge in [-0.25, -0.2) is 0 Å². The number of esters is 1. The second kappa shape index (κ2) is 64.0. The first kappa shape index (κ1) is 82.9. The number of aliphatic hydroxyl groups is 5. The zero-order chi connectivity index (χ0) is 63.1. The van der Waals surface area contributed by atoms with E-state index in [2.05, 4.69) is 50.4 Å². The maximum Gasteiger partial charge on any atom is 0.306 e. The summed E-state index contributed by atoms with van der Waals surface area (Å²) in [4.78, 5) is 26.7. The first-order chi connectivity index (χ1) is 42.7. The van der Waals surface area contributed by atoms with E-state index in [1.54, 1.807) is 6.08 Å². The van der Waals surface area contributed by atoms with Crippen LogP contribution >= 0.6 is 0 Å². The number of carbonyl (C=O) groups excluding carboxylic acids is 2. The van der Waals surface area contributed by atoms with E-state index in [9.17, 15) is 35.1 Å². The van der Waals surface area contributed by atoms with Gasteiger partial charge in [-0.2, -0.15) is 0 Å². The fourth-order valence-corrected chi connectivity index (χ4v) is 12.1. The highest BCUT2D eigenvalue weighted by Crippen LogP contribution is 2.27. The van der Waals surface area contributed by atoms with Gasteiger partial charge in [0.05, 0.1) is 25.4 Å². The Morgan fingerprint density at radius 2 is 0.793 bits per heavy atom. The molecule has 1 amide bonds. The van der Waals surface area contributed by atoms with Crippen molar-refractivity contribution in [1.29, 1.82) is 0 Å². The SMILES string of the molecule is CCCCC/C=C\C/C=C\CCCCCCCCCCCCCCCCC(O)C(=O)NC(COC1OC(CO)C(O)C(O)C1OC(=O)CCCCCCCCCCCCCCCCCCCCCCCCC)C(O)/C=C/CCCCCCCCCCC. The third kappa shape index (κ3) is 51.1. The van der Waals surface area contributed by atoms with Gasteiger partial charge in [0.2, 0.25) is 5.91 Å². The van der Waals surface area contributed by atoms with Gasteiger partial charge in [0.1, 0.15) is 24.4 Å². The van der Waals surface area contributed by atoms with E-state index < -0.39 is 67.4 Å². The van der Waals surface area contributed by atoms with E-state index >= 15 is 0 Å². The predicted octanol–water partition coefficient (Wildman–Crippen LogP) is 19.7. The summed E-state index contributed by atoms with van der Waals surface area (Å²) in [6.07, 6.45) is 69.1. The highest BCUT2D eigenvalue weighted by Gasteiger charge is 2.47. The van der Waals surface area contributed by atoms with Crippen LogP contribution in [0.5, 0.6) is 0 Å². The van der Waals surface area contributed by atoms with Crippen molar-refractivity contribution < 1.29 is 49.3 Å². The Bertz CT molecular complexity index is 1560. The number of aliphatic hydroxyl groups excluding tert-OH is 5. The third-order valence-corrected chi connectivity index (χ3v) is 18.0. The summed E-state index contributed by atoms with van der Waals surface area (Å²) in [5.41, 5.74) is 0. The molecule has 0 aromatic carbocycles. The number of hydrogen-bond acceptors (Lipinski definition) is 10. The van der Waals surface area contributed by atoms with Gasteiger partial charge in [0, 0.05) is 6.42 Å². The van der Waals surface area contributed by atoms with E-state index in [1.165, 1.54) is 263 Å². The summed E-state index contributed by atoms with van der Waals surface area (Å²) in [5.74, 6) is -1.18. The molecule has 0 radical (unpaired) electrons. The predicted molar refractivity (Wildman–Crippen MR) is 366 cm³/mol. The largest absolute Gasteiger partial charge is 0.454 e. The second-order valence-electron chi connectivity index (χ2n) is 26.4. The standard InChI is InChI=1S/C76H143NO10/c1-4-7-10-13-16-19-22-24-26-28-30-32-34-36-37-39-41-43-45-48-51-54-57-60-63-69(80)75(84)77-67(68(79)62-59-56-53-50-47-21-18-15-12-9-6-3)66-85-76-74(73(83)72(82)70(65-78)86-76)87-71(81)64-61-58-55-52-49-46-44-42-40-38-35-33-31-29-27-25-23-20-17-14-11-8-5-2/h16,19,24,26,59,62,67-70,72-74,76,78-80,82-83H,4-15,17-18,20-23,25,27-58,60-61,63-66H2,1-3H3,(H,77,84)/b19-16-,26-24-,62-59+. The summed E-state index contributed by atoms with van der Waals surface area (Å²) < 4.78 is 17.7. The Labute approximate surface area is 536 Å². The molecule has 8 atom stereocenters. The van der Waals surface area contributed by atoms with Crippen molar-refractivity contribution in [2.24, 2.45) is 0 Å². The molecule has 1 rings (SSSR count). The topological polar surface area (TPSA) is 175 Å². The molecule has 0 saturated carbocycles. The quantitative estimate of drug-likeness (QED) is 0.0195. The number of ether oxygens (including phenoxy) is 3.